The van der Waals surface area contributed by atoms with Crippen LogP contribution in [-0.4, -0.2) is 23.6 Å². The summed E-state index contributed by atoms with van der Waals surface area (Å²) in [7, 11) is 1.60. The predicted molar refractivity (Wildman–Crippen MR) is 64.4 cm³/mol. The lowest BCUT2D eigenvalue weighted by Crippen LogP contribution is -2.22. The van der Waals surface area contributed by atoms with Gasteiger partial charge in [0.25, 0.3) is 0 Å². The molecule has 1 atom stereocenters. The van der Waals surface area contributed by atoms with Crippen molar-refractivity contribution in [1.29, 1.82) is 0 Å². The van der Waals surface area contributed by atoms with Crippen molar-refractivity contribution in [3.63, 3.8) is 0 Å². The van der Waals surface area contributed by atoms with Gasteiger partial charge < -0.3 is 10.1 Å². The van der Waals surface area contributed by atoms with E-state index in [0.29, 0.717) is 5.88 Å². The summed E-state index contributed by atoms with van der Waals surface area (Å²) < 4.78 is 5.09. The molecule has 1 aromatic rings. The van der Waals surface area contributed by atoms with Crippen molar-refractivity contribution in [3.8, 4) is 5.88 Å². The van der Waals surface area contributed by atoms with Gasteiger partial charge in [-0.25, -0.2) is 9.97 Å². The lowest BCUT2D eigenvalue weighted by atomic mass is 10.1. The normalized spacial score (nSPS) is 12.2. The molecule has 88 valence electrons. The van der Waals surface area contributed by atoms with Crippen LogP contribution in [0.3, 0.4) is 0 Å². The number of aromatic nitrogens is 2. The number of nitrogens with zero attached hydrogens (tertiary/aromatic N) is 2. The van der Waals surface area contributed by atoms with Crippen molar-refractivity contribution in [2.24, 2.45) is 0 Å². The van der Waals surface area contributed by atoms with E-state index in [4.69, 9.17) is 4.74 Å². The number of methoxy groups -OCH3 is 1. The highest BCUT2D eigenvalue weighted by Gasteiger charge is 2.12. The minimum absolute atomic E-state index is 0.180. The standard InChI is InChI=1S/C12H19N3O/c1-5-13-10(6-9(2)3)11-7-12(16-4)15-8-14-11/h7-8,10,13H,2,5-6H2,1,3-4H3. The van der Waals surface area contributed by atoms with Crippen LogP contribution < -0.4 is 10.1 Å². The Morgan fingerprint density at radius 3 is 2.88 bits per heavy atom. The Kier molecular flexibility index (Phi) is 4.92. The van der Waals surface area contributed by atoms with Gasteiger partial charge in [-0.1, -0.05) is 12.5 Å². The molecule has 0 fully saturated rings. The third-order valence-corrected chi connectivity index (χ3v) is 2.23. The fraction of sp³-hybridized carbons (Fsp3) is 0.500. The Morgan fingerprint density at radius 1 is 1.56 bits per heavy atom. The van der Waals surface area contributed by atoms with Gasteiger partial charge >= 0.3 is 0 Å². The van der Waals surface area contributed by atoms with Crippen LogP contribution in [0.5, 0.6) is 5.88 Å². The second kappa shape index (κ2) is 6.23. The van der Waals surface area contributed by atoms with E-state index in [0.717, 1.165) is 24.2 Å². The topological polar surface area (TPSA) is 47.0 Å². The van der Waals surface area contributed by atoms with Crippen LogP contribution in [0, 0.1) is 0 Å². The molecule has 1 unspecified atom stereocenters. The molecule has 0 spiro atoms. The molecule has 16 heavy (non-hydrogen) atoms. The second-order valence-corrected chi connectivity index (χ2v) is 3.76. The average Bonchev–Trinajstić information content (AvgIpc) is 2.28. The van der Waals surface area contributed by atoms with Gasteiger partial charge in [0.1, 0.15) is 6.33 Å². The van der Waals surface area contributed by atoms with E-state index in [1.54, 1.807) is 7.11 Å². The quantitative estimate of drug-likeness (QED) is 0.747. The van der Waals surface area contributed by atoms with Crippen LogP contribution in [0.25, 0.3) is 0 Å². The molecule has 1 aromatic heterocycles. The largest absolute Gasteiger partial charge is 0.481 e. The summed E-state index contributed by atoms with van der Waals surface area (Å²) in [6, 6.07) is 2.04. The summed E-state index contributed by atoms with van der Waals surface area (Å²) in [6.45, 7) is 8.91. The second-order valence-electron chi connectivity index (χ2n) is 3.76. The SMILES string of the molecule is C=C(C)CC(NCC)c1cc(OC)ncn1. The Balaban J connectivity index is 2.86. The summed E-state index contributed by atoms with van der Waals surface area (Å²) in [6.07, 6.45) is 2.39. The molecule has 4 nitrogen and oxygen atoms in total. The van der Waals surface area contributed by atoms with Gasteiger partial charge in [-0.05, 0) is 19.9 Å². The van der Waals surface area contributed by atoms with Gasteiger partial charge in [0.2, 0.25) is 5.88 Å². The van der Waals surface area contributed by atoms with Gasteiger partial charge in [-0.15, -0.1) is 6.58 Å². The van der Waals surface area contributed by atoms with Crippen molar-refractivity contribution in [2.75, 3.05) is 13.7 Å². The molecular formula is C12H19N3O. The maximum atomic E-state index is 5.09. The Labute approximate surface area is 96.8 Å². The summed E-state index contributed by atoms with van der Waals surface area (Å²) in [5.41, 5.74) is 2.07. The number of hydrogen-bond acceptors (Lipinski definition) is 4. The smallest absolute Gasteiger partial charge is 0.216 e. The first-order chi connectivity index (χ1) is 7.67. The van der Waals surface area contributed by atoms with Gasteiger partial charge in [-0.2, -0.15) is 0 Å². The monoisotopic (exact) mass is 221 g/mol. The molecule has 0 saturated carbocycles. The molecule has 0 radical (unpaired) electrons. The number of ether oxygens (including phenoxy) is 1. The fourth-order valence-electron chi connectivity index (χ4n) is 1.53. The molecule has 1 heterocycles. The molecule has 4 heteroatoms. The molecule has 0 aliphatic carbocycles. The zero-order valence-electron chi connectivity index (χ0n) is 10.2. The molecular weight excluding hydrogens is 202 g/mol. The van der Waals surface area contributed by atoms with Gasteiger partial charge in [0.05, 0.1) is 18.8 Å². The molecule has 0 saturated heterocycles. The van der Waals surface area contributed by atoms with Gasteiger partial charge in [-0.3, -0.25) is 0 Å². The highest BCUT2D eigenvalue weighted by Crippen LogP contribution is 2.20. The van der Waals surface area contributed by atoms with Crippen LogP contribution in [-0.2, 0) is 0 Å². The average molecular weight is 221 g/mol. The summed E-state index contributed by atoms with van der Waals surface area (Å²) >= 11 is 0. The third kappa shape index (κ3) is 3.62. The first kappa shape index (κ1) is 12.6. The van der Waals surface area contributed by atoms with Crippen LogP contribution in [0.15, 0.2) is 24.5 Å². The van der Waals surface area contributed by atoms with Crippen molar-refractivity contribution in [2.45, 2.75) is 26.3 Å². The molecule has 0 amide bonds. The number of rotatable bonds is 6. The lowest BCUT2D eigenvalue weighted by molar-refractivity contribution is 0.393. The van der Waals surface area contributed by atoms with Crippen LogP contribution in [0.1, 0.15) is 32.0 Å². The van der Waals surface area contributed by atoms with Crippen LogP contribution in [0.2, 0.25) is 0 Å². The summed E-state index contributed by atoms with van der Waals surface area (Å²) in [5, 5.41) is 3.37. The molecule has 0 bridgehead atoms. The van der Waals surface area contributed by atoms with E-state index in [1.807, 2.05) is 13.0 Å². The van der Waals surface area contributed by atoms with Crippen molar-refractivity contribution in [1.82, 2.24) is 15.3 Å². The van der Waals surface area contributed by atoms with Crippen molar-refractivity contribution < 1.29 is 4.74 Å². The summed E-state index contributed by atoms with van der Waals surface area (Å²) in [4.78, 5) is 8.26. The molecule has 0 aromatic carbocycles. The Bertz CT molecular complexity index is 352. The van der Waals surface area contributed by atoms with E-state index in [1.165, 1.54) is 6.33 Å². The zero-order chi connectivity index (χ0) is 12.0. The molecule has 1 N–H and O–H groups in total. The van der Waals surface area contributed by atoms with Gasteiger partial charge in [0, 0.05) is 6.07 Å². The molecule has 1 rings (SSSR count). The van der Waals surface area contributed by atoms with Crippen LogP contribution >= 0.6 is 0 Å². The minimum atomic E-state index is 0.180. The molecule has 0 aliphatic heterocycles. The van der Waals surface area contributed by atoms with Crippen molar-refractivity contribution >= 4 is 0 Å². The van der Waals surface area contributed by atoms with E-state index in [-0.39, 0.29) is 6.04 Å². The third-order valence-electron chi connectivity index (χ3n) is 2.23. The first-order valence-corrected chi connectivity index (χ1v) is 5.41. The van der Waals surface area contributed by atoms with E-state index in [2.05, 4.69) is 28.8 Å². The van der Waals surface area contributed by atoms with Gasteiger partial charge in [0.15, 0.2) is 0 Å². The number of hydrogen-bond donors (Lipinski definition) is 1. The summed E-state index contributed by atoms with van der Waals surface area (Å²) in [5.74, 6) is 0.592. The number of nitrogens with one attached hydrogen (secondary N) is 1. The highest BCUT2D eigenvalue weighted by molar-refractivity contribution is 5.18. The zero-order valence-corrected chi connectivity index (χ0v) is 10.2. The minimum Gasteiger partial charge on any atom is -0.481 e. The predicted octanol–water partition coefficient (Wildman–Crippen LogP) is 2.10. The maximum absolute atomic E-state index is 5.09. The van der Waals surface area contributed by atoms with Crippen LogP contribution in [0.4, 0.5) is 0 Å². The lowest BCUT2D eigenvalue weighted by Gasteiger charge is -2.17. The van der Waals surface area contributed by atoms with E-state index < -0.39 is 0 Å². The highest BCUT2D eigenvalue weighted by atomic mass is 16.5. The fourth-order valence-corrected chi connectivity index (χ4v) is 1.53. The van der Waals surface area contributed by atoms with Crippen molar-refractivity contribution in [3.05, 3.63) is 30.2 Å². The Morgan fingerprint density at radius 2 is 2.31 bits per heavy atom. The Hall–Kier alpha value is -1.42. The van der Waals surface area contributed by atoms with E-state index in [9.17, 15) is 0 Å². The maximum Gasteiger partial charge on any atom is 0.216 e. The van der Waals surface area contributed by atoms with E-state index >= 15 is 0 Å². The first-order valence-electron chi connectivity index (χ1n) is 5.41. The molecule has 0 aliphatic rings.